The molecule has 94 valence electrons. The molecule has 1 aliphatic heterocycles. The van der Waals surface area contributed by atoms with E-state index in [9.17, 15) is 0 Å². The second-order valence-corrected chi connectivity index (χ2v) is 4.76. The van der Waals surface area contributed by atoms with Crippen LogP contribution in [0, 0.1) is 5.92 Å². The number of nitrogens with zero attached hydrogens (tertiary/aromatic N) is 2. The quantitative estimate of drug-likeness (QED) is 0.860. The van der Waals surface area contributed by atoms with Gasteiger partial charge in [0.2, 0.25) is 0 Å². The lowest BCUT2D eigenvalue weighted by molar-refractivity contribution is 0.161. The predicted octanol–water partition coefficient (Wildman–Crippen LogP) is 1.57. The summed E-state index contributed by atoms with van der Waals surface area (Å²) in [5, 5.41) is 0. The fraction of sp³-hybridized carbons (Fsp3) is 0.615. The molecule has 0 bridgehead atoms. The second-order valence-electron chi connectivity index (χ2n) is 4.76. The summed E-state index contributed by atoms with van der Waals surface area (Å²) in [6.07, 6.45) is 3.01. The Morgan fingerprint density at radius 3 is 3.18 bits per heavy atom. The summed E-state index contributed by atoms with van der Waals surface area (Å²) < 4.78 is 5.22. The van der Waals surface area contributed by atoms with E-state index in [1.807, 2.05) is 19.2 Å². The molecule has 4 heteroatoms. The molecule has 0 aliphatic carbocycles. The van der Waals surface area contributed by atoms with Gasteiger partial charge < -0.3 is 15.4 Å². The fourth-order valence-electron chi connectivity index (χ4n) is 2.43. The molecule has 0 spiro atoms. The molecule has 0 aromatic carbocycles. The number of anilines is 1. The van der Waals surface area contributed by atoms with E-state index < -0.39 is 0 Å². The fourth-order valence-corrected chi connectivity index (χ4v) is 2.43. The van der Waals surface area contributed by atoms with Crippen LogP contribution < -0.4 is 10.6 Å². The Labute approximate surface area is 103 Å². The topological polar surface area (TPSA) is 51.4 Å². The van der Waals surface area contributed by atoms with E-state index in [1.54, 1.807) is 7.11 Å². The van der Waals surface area contributed by atoms with Crippen molar-refractivity contribution >= 4 is 5.82 Å². The van der Waals surface area contributed by atoms with Gasteiger partial charge in [-0.1, -0.05) is 6.07 Å². The van der Waals surface area contributed by atoms with Gasteiger partial charge in [0, 0.05) is 43.9 Å². The van der Waals surface area contributed by atoms with Crippen LogP contribution in [0.2, 0.25) is 0 Å². The van der Waals surface area contributed by atoms with Crippen molar-refractivity contribution in [1.29, 1.82) is 0 Å². The van der Waals surface area contributed by atoms with Gasteiger partial charge in [-0.05, 0) is 19.4 Å². The number of hydrogen-bond donors (Lipinski definition) is 1. The highest BCUT2D eigenvalue weighted by Crippen LogP contribution is 2.27. The Bertz CT molecular complexity index is 367. The van der Waals surface area contributed by atoms with E-state index in [4.69, 9.17) is 10.5 Å². The Balaban J connectivity index is 2.13. The predicted molar refractivity (Wildman–Crippen MR) is 69.0 cm³/mol. The van der Waals surface area contributed by atoms with Crippen molar-refractivity contribution < 1.29 is 4.74 Å². The molecule has 0 saturated carbocycles. The van der Waals surface area contributed by atoms with Crippen LogP contribution in [0.4, 0.5) is 5.82 Å². The largest absolute Gasteiger partial charge is 0.384 e. The van der Waals surface area contributed by atoms with Gasteiger partial charge in [0.05, 0.1) is 6.61 Å². The third kappa shape index (κ3) is 2.76. The monoisotopic (exact) mass is 235 g/mol. The molecule has 1 unspecified atom stereocenters. The van der Waals surface area contributed by atoms with Crippen molar-refractivity contribution in [1.82, 2.24) is 4.98 Å². The maximum Gasteiger partial charge on any atom is 0.133 e. The Morgan fingerprint density at radius 2 is 2.47 bits per heavy atom. The zero-order valence-corrected chi connectivity index (χ0v) is 10.6. The van der Waals surface area contributed by atoms with Gasteiger partial charge in [0.25, 0.3) is 0 Å². The van der Waals surface area contributed by atoms with Crippen molar-refractivity contribution in [2.45, 2.75) is 19.4 Å². The van der Waals surface area contributed by atoms with E-state index in [0.29, 0.717) is 5.92 Å². The van der Waals surface area contributed by atoms with Gasteiger partial charge in [-0.15, -0.1) is 0 Å². The molecule has 17 heavy (non-hydrogen) atoms. The summed E-state index contributed by atoms with van der Waals surface area (Å²) in [7, 11) is 1.76. The highest BCUT2D eigenvalue weighted by molar-refractivity contribution is 5.49. The Hall–Kier alpha value is -1.13. The standard InChI is InChI=1S/C13H21N3O/c1-10(14)12-4-3-6-15-13(12)16-7-5-11(8-16)9-17-2/h3-4,6,10-11H,5,7-9,14H2,1-2H3/t10-,11?/m0/s1. The Kier molecular flexibility index (Phi) is 3.97. The molecule has 2 atom stereocenters. The van der Waals surface area contributed by atoms with Gasteiger partial charge in [-0.3, -0.25) is 0 Å². The first-order valence-electron chi connectivity index (χ1n) is 6.16. The normalized spacial score (nSPS) is 21.8. The first-order valence-corrected chi connectivity index (χ1v) is 6.16. The average Bonchev–Trinajstić information content (AvgIpc) is 2.78. The summed E-state index contributed by atoms with van der Waals surface area (Å²) >= 11 is 0. The highest BCUT2D eigenvalue weighted by atomic mass is 16.5. The number of rotatable bonds is 4. The van der Waals surface area contributed by atoms with E-state index in [-0.39, 0.29) is 6.04 Å². The van der Waals surface area contributed by atoms with E-state index in [2.05, 4.69) is 16.0 Å². The van der Waals surface area contributed by atoms with Crippen LogP contribution in [0.3, 0.4) is 0 Å². The van der Waals surface area contributed by atoms with E-state index in [0.717, 1.165) is 31.1 Å². The molecule has 4 nitrogen and oxygen atoms in total. The van der Waals surface area contributed by atoms with Crippen LogP contribution in [0.5, 0.6) is 0 Å². The zero-order chi connectivity index (χ0) is 12.3. The summed E-state index contributed by atoms with van der Waals surface area (Å²) in [5.74, 6) is 1.66. The molecular formula is C13H21N3O. The number of pyridine rings is 1. The number of aromatic nitrogens is 1. The van der Waals surface area contributed by atoms with Crippen LogP contribution in [0.1, 0.15) is 24.9 Å². The van der Waals surface area contributed by atoms with Crippen molar-refractivity contribution in [3.63, 3.8) is 0 Å². The van der Waals surface area contributed by atoms with Gasteiger partial charge >= 0.3 is 0 Å². The van der Waals surface area contributed by atoms with Crippen LogP contribution in [0.25, 0.3) is 0 Å². The minimum atomic E-state index is 0.0279. The number of nitrogens with two attached hydrogens (primary N) is 1. The number of methoxy groups -OCH3 is 1. The number of hydrogen-bond acceptors (Lipinski definition) is 4. The first-order chi connectivity index (χ1) is 8.22. The highest BCUT2D eigenvalue weighted by Gasteiger charge is 2.25. The SMILES string of the molecule is COCC1CCN(c2ncccc2[C@H](C)N)C1. The van der Waals surface area contributed by atoms with Gasteiger partial charge in [0.15, 0.2) is 0 Å². The van der Waals surface area contributed by atoms with Crippen LogP contribution in [-0.4, -0.2) is 31.8 Å². The summed E-state index contributed by atoms with van der Waals surface area (Å²) in [4.78, 5) is 6.80. The van der Waals surface area contributed by atoms with Crippen molar-refractivity contribution in [2.75, 3.05) is 31.7 Å². The van der Waals surface area contributed by atoms with Crippen molar-refractivity contribution in [2.24, 2.45) is 11.7 Å². The molecule has 0 radical (unpaired) electrons. The van der Waals surface area contributed by atoms with Crippen molar-refractivity contribution in [3.05, 3.63) is 23.9 Å². The first kappa shape index (κ1) is 12.3. The second kappa shape index (κ2) is 5.47. The molecule has 0 amide bonds. The smallest absolute Gasteiger partial charge is 0.133 e. The molecule has 1 aliphatic rings. The summed E-state index contributed by atoms with van der Waals surface area (Å²) in [5.41, 5.74) is 7.11. The molecule has 1 fully saturated rings. The van der Waals surface area contributed by atoms with Crippen LogP contribution in [-0.2, 0) is 4.74 Å². The molecule has 2 rings (SSSR count). The third-order valence-corrected chi connectivity index (χ3v) is 3.30. The van der Waals surface area contributed by atoms with Crippen LogP contribution >= 0.6 is 0 Å². The van der Waals surface area contributed by atoms with Gasteiger partial charge in [0.1, 0.15) is 5.82 Å². The van der Waals surface area contributed by atoms with E-state index in [1.165, 1.54) is 6.42 Å². The Morgan fingerprint density at radius 1 is 1.65 bits per heavy atom. The minimum Gasteiger partial charge on any atom is -0.384 e. The summed E-state index contributed by atoms with van der Waals surface area (Å²) in [6, 6.07) is 4.04. The molecular weight excluding hydrogens is 214 g/mol. The third-order valence-electron chi connectivity index (χ3n) is 3.30. The zero-order valence-electron chi connectivity index (χ0n) is 10.6. The minimum absolute atomic E-state index is 0.0279. The van der Waals surface area contributed by atoms with E-state index >= 15 is 0 Å². The maximum atomic E-state index is 5.98. The molecule has 1 aromatic heterocycles. The molecule has 2 N–H and O–H groups in total. The number of ether oxygens (including phenoxy) is 1. The molecule has 1 saturated heterocycles. The van der Waals surface area contributed by atoms with Gasteiger partial charge in [-0.25, -0.2) is 4.98 Å². The van der Waals surface area contributed by atoms with Gasteiger partial charge in [-0.2, -0.15) is 0 Å². The maximum absolute atomic E-state index is 5.98. The summed E-state index contributed by atoms with van der Waals surface area (Å²) in [6.45, 7) is 4.90. The van der Waals surface area contributed by atoms with Crippen molar-refractivity contribution in [3.8, 4) is 0 Å². The average molecular weight is 235 g/mol. The lowest BCUT2D eigenvalue weighted by atomic mass is 10.1. The lowest BCUT2D eigenvalue weighted by Crippen LogP contribution is -2.24. The molecule has 2 heterocycles. The lowest BCUT2D eigenvalue weighted by Gasteiger charge is -2.22. The van der Waals surface area contributed by atoms with Crippen LogP contribution in [0.15, 0.2) is 18.3 Å². The molecule has 1 aromatic rings.